The van der Waals surface area contributed by atoms with E-state index in [4.69, 9.17) is 21.1 Å². The second kappa shape index (κ2) is 13.7. The Kier molecular flexibility index (Phi) is 8.78. The molecule has 2 aliphatic carbocycles. The number of phenols is 1. The maximum atomic E-state index is 15.5. The summed E-state index contributed by atoms with van der Waals surface area (Å²) in [6.07, 6.45) is 2.40. The highest BCUT2D eigenvalue weighted by atomic mass is 35.5. The van der Waals surface area contributed by atoms with Crippen LogP contribution in [0.5, 0.6) is 11.5 Å². The van der Waals surface area contributed by atoms with Gasteiger partial charge in [-0.1, -0.05) is 71.8 Å². The SMILES string of the molecule is CCOc1cccc([C@H]2C3=CC[C@@H]4C(=O)N(c5ccc(N6CCOCC6)cc5)C(=O)[C@@H]4[C@@H]3C[C@H]3C(=O)N(c4cccc(Cl)c4)C(=O)[C@@]23c2ccccc2)c1O. The number of ether oxygens (including phenoxy) is 2. The molecule has 5 aliphatic rings. The lowest BCUT2D eigenvalue weighted by Crippen LogP contribution is -2.53. The molecule has 55 heavy (non-hydrogen) atoms. The van der Waals surface area contributed by atoms with Crippen molar-refractivity contribution in [3.63, 3.8) is 0 Å². The van der Waals surface area contributed by atoms with Gasteiger partial charge in [-0.15, -0.1) is 0 Å². The number of allylic oxidation sites excluding steroid dienone is 2. The Labute approximate surface area is 323 Å². The summed E-state index contributed by atoms with van der Waals surface area (Å²) in [5, 5.41) is 12.4. The van der Waals surface area contributed by atoms with Crippen molar-refractivity contribution >= 4 is 52.3 Å². The number of hydrogen-bond donors (Lipinski definition) is 1. The standard InChI is InChI=1S/C44H40ClN3O7/c1-2-55-36-13-7-12-33(39(36)49)38-31-18-19-32-37(42(52)47(40(32)50)29-16-14-28(15-17-29)46-20-22-54-23-21-46)34(31)25-35-41(51)48(30-11-6-10-27(45)24-30)43(53)44(35,38)26-8-4-3-5-9-26/h3-18,24,32,34-35,37-38,49H,2,19-23,25H2,1H3/t32-,34+,35-,37-,38+,44+/m0/s1. The molecule has 11 heteroatoms. The summed E-state index contributed by atoms with van der Waals surface area (Å²) in [5.41, 5.74) is 2.09. The van der Waals surface area contributed by atoms with Gasteiger partial charge in [-0.05, 0) is 79.8 Å². The molecule has 0 radical (unpaired) electrons. The Morgan fingerprint density at radius 2 is 1.53 bits per heavy atom. The zero-order valence-electron chi connectivity index (χ0n) is 30.3. The van der Waals surface area contributed by atoms with E-state index in [-0.39, 0.29) is 36.2 Å². The summed E-state index contributed by atoms with van der Waals surface area (Å²) in [4.78, 5) is 64.3. The van der Waals surface area contributed by atoms with E-state index in [0.717, 1.165) is 24.4 Å². The number of amides is 4. The Morgan fingerprint density at radius 1 is 0.800 bits per heavy atom. The van der Waals surface area contributed by atoms with Crippen LogP contribution in [0.2, 0.25) is 5.02 Å². The van der Waals surface area contributed by atoms with Crippen LogP contribution in [0.4, 0.5) is 17.1 Å². The minimum absolute atomic E-state index is 0.135. The third-order valence-corrected chi connectivity index (χ3v) is 12.5. The van der Waals surface area contributed by atoms with Crippen molar-refractivity contribution in [3.05, 3.63) is 125 Å². The summed E-state index contributed by atoms with van der Waals surface area (Å²) >= 11 is 6.43. The molecule has 0 aromatic heterocycles. The molecular weight excluding hydrogens is 718 g/mol. The fraction of sp³-hybridized carbons (Fsp3) is 0.318. The van der Waals surface area contributed by atoms with Gasteiger partial charge in [-0.2, -0.15) is 0 Å². The molecule has 4 aromatic rings. The van der Waals surface area contributed by atoms with Gasteiger partial charge >= 0.3 is 0 Å². The van der Waals surface area contributed by atoms with Crippen molar-refractivity contribution in [2.45, 2.75) is 31.1 Å². The number of morpholine rings is 1. The second-order valence-electron chi connectivity index (χ2n) is 14.8. The first-order valence-electron chi connectivity index (χ1n) is 18.9. The van der Waals surface area contributed by atoms with Crippen LogP contribution in [0.3, 0.4) is 0 Å². The first-order chi connectivity index (χ1) is 26.7. The molecule has 4 amide bonds. The Balaban J connectivity index is 1.20. The second-order valence-corrected chi connectivity index (χ2v) is 15.3. The van der Waals surface area contributed by atoms with E-state index < -0.39 is 46.8 Å². The Morgan fingerprint density at radius 3 is 2.25 bits per heavy atom. The van der Waals surface area contributed by atoms with Crippen molar-refractivity contribution in [2.75, 3.05) is 47.6 Å². The van der Waals surface area contributed by atoms with E-state index in [0.29, 0.717) is 47.3 Å². The highest BCUT2D eigenvalue weighted by molar-refractivity contribution is 6.32. The number of anilines is 3. The largest absolute Gasteiger partial charge is 0.504 e. The third-order valence-electron chi connectivity index (χ3n) is 12.3. The summed E-state index contributed by atoms with van der Waals surface area (Å²) in [7, 11) is 0. The van der Waals surface area contributed by atoms with Crippen molar-refractivity contribution < 1.29 is 33.8 Å². The minimum atomic E-state index is -1.52. The highest BCUT2D eigenvalue weighted by Gasteiger charge is 2.70. The molecule has 0 spiro atoms. The van der Waals surface area contributed by atoms with E-state index in [9.17, 15) is 14.7 Å². The number of carbonyl (C=O) groups excluding carboxylic acids is 4. The Hall–Kier alpha value is -5.45. The number of para-hydroxylation sites is 1. The van der Waals surface area contributed by atoms with E-state index in [1.807, 2.05) is 67.6 Å². The number of nitrogens with zero attached hydrogens (tertiary/aromatic N) is 3. The number of benzene rings is 4. The molecule has 0 bridgehead atoms. The number of imide groups is 2. The van der Waals surface area contributed by atoms with Gasteiger partial charge in [-0.3, -0.25) is 24.1 Å². The molecule has 1 saturated carbocycles. The van der Waals surface area contributed by atoms with Gasteiger partial charge in [-0.25, -0.2) is 4.90 Å². The average molecular weight is 758 g/mol. The maximum Gasteiger partial charge on any atom is 0.246 e. The molecular formula is C44H40ClN3O7. The zero-order chi connectivity index (χ0) is 38.0. The number of carbonyl (C=O) groups is 4. The predicted molar refractivity (Wildman–Crippen MR) is 207 cm³/mol. The molecule has 3 saturated heterocycles. The van der Waals surface area contributed by atoms with Gasteiger partial charge in [0, 0.05) is 35.3 Å². The summed E-state index contributed by atoms with van der Waals surface area (Å²) in [5.74, 6) is -5.20. The van der Waals surface area contributed by atoms with Gasteiger partial charge in [0.05, 0.1) is 54.4 Å². The topological polar surface area (TPSA) is 117 Å². The number of phenolic OH excluding ortho intramolecular Hbond substituents is 1. The average Bonchev–Trinajstić information content (AvgIpc) is 3.60. The summed E-state index contributed by atoms with van der Waals surface area (Å²) in [6, 6.07) is 28.6. The number of fused-ring (bicyclic) bond motifs is 4. The zero-order valence-corrected chi connectivity index (χ0v) is 31.0. The van der Waals surface area contributed by atoms with Crippen molar-refractivity contribution in [3.8, 4) is 11.5 Å². The van der Waals surface area contributed by atoms with Crippen LogP contribution in [0.1, 0.15) is 36.8 Å². The molecule has 6 atom stereocenters. The molecule has 0 unspecified atom stereocenters. The minimum Gasteiger partial charge on any atom is -0.504 e. The molecule has 3 aliphatic heterocycles. The summed E-state index contributed by atoms with van der Waals surface area (Å²) < 4.78 is 11.4. The van der Waals surface area contributed by atoms with Crippen LogP contribution in [0, 0.1) is 23.7 Å². The molecule has 4 fully saturated rings. The molecule has 9 rings (SSSR count). The van der Waals surface area contributed by atoms with E-state index >= 15 is 9.59 Å². The normalized spacial score (nSPS) is 27.5. The molecule has 10 nitrogen and oxygen atoms in total. The number of rotatable bonds is 7. The monoisotopic (exact) mass is 757 g/mol. The van der Waals surface area contributed by atoms with Crippen molar-refractivity contribution in [1.29, 1.82) is 0 Å². The van der Waals surface area contributed by atoms with Crippen molar-refractivity contribution in [2.24, 2.45) is 23.7 Å². The number of halogens is 1. The summed E-state index contributed by atoms with van der Waals surface area (Å²) in [6.45, 7) is 4.90. The quantitative estimate of drug-likeness (QED) is 0.165. The first-order valence-corrected chi connectivity index (χ1v) is 19.3. The van der Waals surface area contributed by atoms with Gasteiger partial charge in [0.2, 0.25) is 23.6 Å². The van der Waals surface area contributed by atoms with Gasteiger partial charge in [0.15, 0.2) is 11.5 Å². The van der Waals surface area contributed by atoms with E-state index in [1.54, 1.807) is 42.5 Å². The van der Waals surface area contributed by atoms with E-state index in [1.165, 1.54) is 9.80 Å². The molecule has 3 heterocycles. The van der Waals surface area contributed by atoms with Gasteiger partial charge < -0.3 is 19.5 Å². The molecule has 280 valence electrons. The van der Waals surface area contributed by atoms with E-state index in [2.05, 4.69) is 4.90 Å². The lowest BCUT2D eigenvalue weighted by Gasteiger charge is -2.50. The van der Waals surface area contributed by atoms with Gasteiger partial charge in [0.25, 0.3) is 0 Å². The van der Waals surface area contributed by atoms with Crippen molar-refractivity contribution in [1.82, 2.24) is 0 Å². The van der Waals surface area contributed by atoms with Gasteiger partial charge in [0.1, 0.15) is 0 Å². The Bertz CT molecular complexity index is 2240. The van der Waals surface area contributed by atoms with Crippen LogP contribution in [-0.4, -0.2) is 61.6 Å². The van der Waals surface area contributed by atoms with Crippen LogP contribution in [0.25, 0.3) is 0 Å². The third kappa shape index (κ3) is 5.33. The smallest absolute Gasteiger partial charge is 0.246 e. The van der Waals surface area contributed by atoms with Crippen LogP contribution >= 0.6 is 11.6 Å². The predicted octanol–water partition coefficient (Wildman–Crippen LogP) is 6.65. The van der Waals surface area contributed by atoms with Crippen LogP contribution < -0.4 is 19.4 Å². The number of hydrogen-bond acceptors (Lipinski definition) is 8. The first kappa shape index (κ1) is 35.3. The van der Waals surface area contributed by atoms with Crippen LogP contribution in [0.15, 0.2) is 109 Å². The number of aromatic hydroxyl groups is 1. The lowest BCUT2D eigenvalue weighted by molar-refractivity contribution is -0.127. The lowest BCUT2D eigenvalue weighted by atomic mass is 9.49. The fourth-order valence-corrected chi connectivity index (χ4v) is 10.2. The maximum absolute atomic E-state index is 15.5. The molecule has 4 aromatic carbocycles. The highest BCUT2D eigenvalue weighted by Crippen LogP contribution is 2.65. The molecule has 1 N–H and O–H groups in total. The van der Waals surface area contributed by atoms with Crippen LogP contribution in [-0.2, 0) is 29.3 Å². The fourth-order valence-electron chi connectivity index (χ4n) is 10.0.